The van der Waals surface area contributed by atoms with Crippen molar-refractivity contribution < 1.29 is 8.42 Å². The van der Waals surface area contributed by atoms with Gasteiger partial charge in [0.2, 0.25) is 0 Å². The van der Waals surface area contributed by atoms with Crippen LogP contribution in [-0.4, -0.2) is 50.4 Å². The third-order valence-corrected chi connectivity index (χ3v) is 4.98. The number of rotatable bonds is 5. The van der Waals surface area contributed by atoms with Crippen LogP contribution in [0.5, 0.6) is 0 Å². The molecule has 1 aromatic heterocycles. The van der Waals surface area contributed by atoms with Gasteiger partial charge in [0.25, 0.3) is 10.2 Å². The molecule has 2 heterocycles. The summed E-state index contributed by atoms with van der Waals surface area (Å²) in [5.41, 5.74) is 0. The van der Waals surface area contributed by atoms with Crippen LogP contribution in [0.15, 0.2) is 11.6 Å². The third kappa shape index (κ3) is 3.71. The highest BCUT2D eigenvalue weighted by Crippen LogP contribution is 2.05. The number of hydrogen-bond acceptors (Lipinski definition) is 5. The van der Waals surface area contributed by atoms with Gasteiger partial charge in [0.1, 0.15) is 0 Å². The molecule has 0 bridgehead atoms. The molecule has 0 aliphatic carbocycles. The molecule has 2 rings (SSSR count). The summed E-state index contributed by atoms with van der Waals surface area (Å²) >= 11 is 1.54. The Labute approximate surface area is 105 Å². The van der Waals surface area contributed by atoms with Crippen molar-refractivity contribution in [1.29, 1.82) is 0 Å². The van der Waals surface area contributed by atoms with E-state index in [-0.39, 0.29) is 0 Å². The first-order valence-electron chi connectivity index (χ1n) is 5.52. The fraction of sp³-hybridized carbons (Fsp3) is 0.667. The van der Waals surface area contributed by atoms with E-state index in [9.17, 15) is 8.42 Å². The third-order valence-electron chi connectivity index (χ3n) is 2.52. The molecular formula is C9H16N4O2S2. The molecule has 96 valence electrons. The second-order valence-electron chi connectivity index (χ2n) is 3.72. The molecule has 0 spiro atoms. The van der Waals surface area contributed by atoms with Crippen molar-refractivity contribution in [2.75, 3.05) is 32.7 Å². The monoisotopic (exact) mass is 276 g/mol. The molecule has 6 nitrogen and oxygen atoms in total. The van der Waals surface area contributed by atoms with Crippen molar-refractivity contribution >= 4 is 21.5 Å². The Morgan fingerprint density at radius 3 is 2.88 bits per heavy atom. The van der Waals surface area contributed by atoms with Gasteiger partial charge < -0.3 is 5.32 Å². The Bertz CT molecular complexity index is 426. The van der Waals surface area contributed by atoms with E-state index in [0.717, 1.165) is 5.01 Å². The number of nitrogens with one attached hydrogen (secondary N) is 2. The summed E-state index contributed by atoms with van der Waals surface area (Å²) in [6.45, 7) is 2.90. The van der Waals surface area contributed by atoms with Crippen molar-refractivity contribution in [1.82, 2.24) is 19.3 Å². The standard InChI is InChI=1S/C9H16N4O2S2/c14-17(15,13-6-3-10-4-7-13)12-2-1-9-11-5-8-16-9/h5,8,10,12H,1-4,6-7H2. The Hall–Kier alpha value is -0.540. The van der Waals surface area contributed by atoms with E-state index in [1.807, 2.05) is 5.38 Å². The zero-order valence-corrected chi connectivity index (χ0v) is 11.1. The molecule has 0 radical (unpaired) electrons. The van der Waals surface area contributed by atoms with Crippen molar-refractivity contribution in [3.8, 4) is 0 Å². The summed E-state index contributed by atoms with van der Waals surface area (Å²) in [4.78, 5) is 4.11. The van der Waals surface area contributed by atoms with Gasteiger partial charge in [-0.05, 0) is 0 Å². The summed E-state index contributed by atoms with van der Waals surface area (Å²) in [5, 5.41) is 5.96. The number of aromatic nitrogens is 1. The second kappa shape index (κ2) is 5.87. The van der Waals surface area contributed by atoms with E-state index in [4.69, 9.17) is 0 Å². The predicted octanol–water partition coefficient (Wildman–Crippen LogP) is -0.575. The molecule has 0 aromatic carbocycles. The van der Waals surface area contributed by atoms with E-state index in [2.05, 4.69) is 15.0 Å². The van der Waals surface area contributed by atoms with Crippen LogP contribution < -0.4 is 10.0 Å². The molecule has 1 saturated heterocycles. The van der Waals surface area contributed by atoms with Gasteiger partial charge in [-0.3, -0.25) is 0 Å². The molecule has 2 N–H and O–H groups in total. The average molecular weight is 276 g/mol. The molecule has 0 atom stereocenters. The zero-order chi connectivity index (χ0) is 12.1. The minimum absolute atomic E-state index is 0.403. The van der Waals surface area contributed by atoms with Gasteiger partial charge >= 0.3 is 0 Å². The molecule has 0 unspecified atom stereocenters. The molecule has 1 fully saturated rings. The maximum atomic E-state index is 11.9. The highest BCUT2D eigenvalue weighted by atomic mass is 32.2. The van der Waals surface area contributed by atoms with Gasteiger partial charge in [-0.2, -0.15) is 12.7 Å². The van der Waals surface area contributed by atoms with Crippen LogP contribution in [0.2, 0.25) is 0 Å². The van der Waals surface area contributed by atoms with Gasteiger partial charge in [0.05, 0.1) is 5.01 Å². The number of thiazole rings is 1. The maximum absolute atomic E-state index is 11.9. The lowest BCUT2D eigenvalue weighted by Gasteiger charge is -2.26. The SMILES string of the molecule is O=S(=O)(NCCc1nccs1)N1CCNCC1. The van der Waals surface area contributed by atoms with Crippen LogP contribution in [0, 0.1) is 0 Å². The minimum atomic E-state index is -3.32. The van der Waals surface area contributed by atoms with E-state index >= 15 is 0 Å². The van der Waals surface area contributed by atoms with Gasteiger partial charge in [-0.15, -0.1) is 11.3 Å². The predicted molar refractivity (Wildman–Crippen MR) is 67.2 cm³/mol. The van der Waals surface area contributed by atoms with E-state index in [1.165, 1.54) is 15.6 Å². The smallest absolute Gasteiger partial charge is 0.279 e. The van der Waals surface area contributed by atoms with Gasteiger partial charge in [0.15, 0.2) is 0 Å². The summed E-state index contributed by atoms with van der Waals surface area (Å²) in [6.07, 6.45) is 2.37. The summed E-state index contributed by atoms with van der Waals surface area (Å²) in [7, 11) is -3.32. The second-order valence-corrected chi connectivity index (χ2v) is 6.46. The lowest BCUT2D eigenvalue weighted by molar-refractivity contribution is 0.355. The van der Waals surface area contributed by atoms with Gasteiger partial charge in [-0.25, -0.2) is 9.71 Å². The molecule has 1 aliphatic rings. The van der Waals surface area contributed by atoms with Crippen LogP contribution in [0.3, 0.4) is 0 Å². The van der Waals surface area contributed by atoms with Crippen LogP contribution in [0.1, 0.15) is 5.01 Å². The molecule has 1 aromatic rings. The minimum Gasteiger partial charge on any atom is -0.314 e. The topological polar surface area (TPSA) is 74.3 Å². The first-order valence-corrected chi connectivity index (χ1v) is 7.84. The van der Waals surface area contributed by atoms with Gasteiger partial charge in [-0.1, -0.05) is 0 Å². The fourth-order valence-corrected chi connectivity index (χ4v) is 3.47. The Kier molecular flexibility index (Phi) is 4.46. The lowest BCUT2D eigenvalue weighted by Crippen LogP contribution is -2.50. The molecule has 0 saturated carbocycles. The lowest BCUT2D eigenvalue weighted by atomic mass is 10.4. The molecule has 1 aliphatic heterocycles. The van der Waals surface area contributed by atoms with Crippen molar-refractivity contribution in [2.24, 2.45) is 0 Å². The first-order chi connectivity index (χ1) is 8.18. The summed E-state index contributed by atoms with van der Waals surface area (Å²) in [5.74, 6) is 0. The van der Waals surface area contributed by atoms with Crippen LogP contribution in [-0.2, 0) is 16.6 Å². The van der Waals surface area contributed by atoms with Gasteiger partial charge in [0, 0.05) is 50.7 Å². The normalized spacial score (nSPS) is 18.4. The van der Waals surface area contributed by atoms with Crippen LogP contribution >= 0.6 is 11.3 Å². The molecular weight excluding hydrogens is 260 g/mol. The number of hydrogen-bond donors (Lipinski definition) is 2. The summed E-state index contributed by atoms with van der Waals surface area (Å²) < 4.78 is 27.8. The largest absolute Gasteiger partial charge is 0.314 e. The maximum Gasteiger partial charge on any atom is 0.279 e. The molecule has 8 heteroatoms. The van der Waals surface area contributed by atoms with Crippen LogP contribution in [0.25, 0.3) is 0 Å². The highest BCUT2D eigenvalue weighted by Gasteiger charge is 2.22. The Morgan fingerprint density at radius 2 is 2.24 bits per heavy atom. The highest BCUT2D eigenvalue weighted by molar-refractivity contribution is 7.87. The molecule has 0 amide bonds. The van der Waals surface area contributed by atoms with Crippen LogP contribution in [0.4, 0.5) is 0 Å². The van der Waals surface area contributed by atoms with E-state index in [1.54, 1.807) is 6.20 Å². The van der Waals surface area contributed by atoms with Crippen molar-refractivity contribution in [2.45, 2.75) is 6.42 Å². The van der Waals surface area contributed by atoms with Crippen molar-refractivity contribution in [3.05, 3.63) is 16.6 Å². The summed E-state index contributed by atoms with van der Waals surface area (Å²) in [6, 6.07) is 0. The number of nitrogens with zero attached hydrogens (tertiary/aromatic N) is 2. The average Bonchev–Trinajstić information content (AvgIpc) is 2.83. The Balaban J connectivity index is 1.80. The zero-order valence-electron chi connectivity index (χ0n) is 9.42. The first kappa shape index (κ1) is 12.9. The molecule has 17 heavy (non-hydrogen) atoms. The quantitative estimate of drug-likeness (QED) is 0.755. The fourth-order valence-electron chi connectivity index (χ4n) is 1.64. The van der Waals surface area contributed by atoms with E-state index < -0.39 is 10.2 Å². The Morgan fingerprint density at radius 1 is 1.47 bits per heavy atom. The number of piperazine rings is 1. The van der Waals surface area contributed by atoms with Crippen molar-refractivity contribution in [3.63, 3.8) is 0 Å². The van der Waals surface area contributed by atoms with E-state index in [0.29, 0.717) is 39.1 Å².